The van der Waals surface area contributed by atoms with Gasteiger partial charge in [0, 0.05) is 43.5 Å². The molecular formula is C20H23N5O2. The summed E-state index contributed by atoms with van der Waals surface area (Å²) >= 11 is 0. The van der Waals surface area contributed by atoms with E-state index in [0.717, 1.165) is 53.9 Å². The highest BCUT2D eigenvalue weighted by Gasteiger charge is 2.32. The van der Waals surface area contributed by atoms with Gasteiger partial charge in [-0.1, -0.05) is 5.16 Å². The van der Waals surface area contributed by atoms with Crippen molar-refractivity contribution in [3.05, 3.63) is 36.0 Å². The molecule has 0 N–H and O–H groups in total. The van der Waals surface area contributed by atoms with Crippen LogP contribution < -0.4 is 4.90 Å². The highest BCUT2D eigenvalue weighted by atomic mass is 16.5. The maximum Gasteiger partial charge on any atom is 0.225 e. The molecule has 0 radical (unpaired) electrons. The lowest BCUT2D eigenvalue weighted by molar-refractivity contribution is 0.229. The summed E-state index contributed by atoms with van der Waals surface area (Å²) in [5, 5.41) is 4.02. The number of hydrogen-bond donors (Lipinski definition) is 0. The Balaban J connectivity index is 1.55. The summed E-state index contributed by atoms with van der Waals surface area (Å²) < 4.78 is 11.0. The Kier molecular flexibility index (Phi) is 3.97. The summed E-state index contributed by atoms with van der Waals surface area (Å²) in [6.45, 7) is 8.11. The van der Waals surface area contributed by atoms with Crippen LogP contribution in [0.1, 0.15) is 24.3 Å². The number of nitrogens with zero attached hydrogens (tertiary/aromatic N) is 5. The molecule has 3 aromatic rings. The van der Waals surface area contributed by atoms with E-state index in [2.05, 4.69) is 19.9 Å². The van der Waals surface area contributed by atoms with Crippen LogP contribution in [0.5, 0.6) is 0 Å². The quantitative estimate of drug-likeness (QED) is 0.705. The minimum absolute atomic E-state index is 0.623. The van der Waals surface area contributed by atoms with Crippen molar-refractivity contribution >= 4 is 5.95 Å². The normalized spacial score (nSPS) is 20.2. The molecule has 7 nitrogen and oxygen atoms in total. The molecule has 140 valence electrons. The van der Waals surface area contributed by atoms with Crippen LogP contribution in [0, 0.1) is 13.8 Å². The van der Waals surface area contributed by atoms with Gasteiger partial charge in [-0.05, 0) is 39.3 Å². The van der Waals surface area contributed by atoms with E-state index in [0.29, 0.717) is 11.8 Å². The molecule has 2 aliphatic heterocycles. The van der Waals surface area contributed by atoms with Crippen molar-refractivity contribution in [1.82, 2.24) is 20.0 Å². The molecular weight excluding hydrogens is 342 g/mol. The molecule has 27 heavy (non-hydrogen) atoms. The average Bonchev–Trinajstić information content (AvgIpc) is 3.41. The minimum Gasteiger partial charge on any atom is -0.469 e. The molecule has 5 heterocycles. The van der Waals surface area contributed by atoms with Gasteiger partial charge in [0.1, 0.15) is 5.76 Å². The van der Waals surface area contributed by atoms with E-state index in [1.807, 2.05) is 32.2 Å². The van der Waals surface area contributed by atoms with E-state index < -0.39 is 0 Å². The van der Waals surface area contributed by atoms with Crippen molar-refractivity contribution in [3.63, 3.8) is 0 Å². The first-order chi connectivity index (χ1) is 13.2. The van der Waals surface area contributed by atoms with Crippen LogP contribution in [0.4, 0.5) is 5.95 Å². The van der Waals surface area contributed by atoms with Gasteiger partial charge in [0.05, 0.1) is 23.2 Å². The summed E-state index contributed by atoms with van der Waals surface area (Å²) in [7, 11) is 0. The minimum atomic E-state index is 0.623. The first kappa shape index (κ1) is 16.5. The lowest BCUT2D eigenvalue weighted by Gasteiger charge is -2.37. The van der Waals surface area contributed by atoms with Gasteiger partial charge < -0.3 is 13.8 Å². The van der Waals surface area contributed by atoms with Crippen molar-refractivity contribution in [1.29, 1.82) is 0 Å². The molecule has 2 aliphatic rings. The van der Waals surface area contributed by atoms with Crippen molar-refractivity contribution < 1.29 is 8.94 Å². The predicted octanol–water partition coefficient (Wildman–Crippen LogP) is 3.29. The Hall–Kier alpha value is -2.67. The Labute approximate surface area is 158 Å². The second kappa shape index (κ2) is 6.49. The maximum atomic E-state index is 5.53. The first-order valence-corrected chi connectivity index (χ1v) is 9.53. The summed E-state index contributed by atoms with van der Waals surface area (Å²) in [4.78, 5) is 14.5. The van der Waals surface area contributed by atoms with Crippen LogP contribution in [0.2, 0.25) is 0 Å². The molecule has 2 fully saturated rings. The van der Waals surface area contributed by atoms with Crippen molar-refractivity contribution in [2.24, 2.45) is 0 Å². The zero-order chi connectivity index (χ0) is 18.4. The average molecular weight is 365 g/mol. The number of anilines is 1. The highest BCUT2D eigenvalue weighted by molar-refractivity contribution is 5.79. The van der Waals surface area contributed by atoms with Crippen LogP contribution >= 0.6 is 0 Å². The Morgan fingerprint density at radius 3 is 2.85 bits per heavy atom. The third kappa shape index (κ3) is 2.92. The van der Waals surface area contributed by atoms with E-state index in [1.54, 1.807) is 6.26 Å². The maximum absolute atomic E-state index is 5.53. The van der Waals surface area contributed by atoms with Gasteiger partial charge in [-0.2, -0.15) is 0 Å². The fourth-order valence-electron chi connectivity index (χ4n) is 4.20. The van der Waals surface area contributed by atoms with Gasteiger partial charge in [0.15, 0.2) is 5.76 Å². The predicted molar refractivity (Wildman–Crippen MR) is 102 cm³/mol. The van der Waals surface area contributed by atoms with Crippen LogP contribution in [-0.4, -0.2) is 52.2 Å². The summed E-state index contributed by atoms with van der Waals surface area (Å²) in [6, 6.07) is 4.48. The van der Waals surface area contributed by atoms with Gasteiger partial charge >= 0.3 is 0 Å². The van der Waals surface area contributed by atoms with Crippen LogP contribution in [-0.2, 0) is 0 Å². The fraction of sp³-hybridized carbons (Fsp3) is 0.450. The number of piperazine rings is 1. The second-order valence-electron chi connectivity index (χ2n) is 7.43. The van der Waals surface area contributed by atoms with E-state index in [4.69, 9.17) is 13.9 Å². The monoisotopic (exact) mass is 365 g/mol. The molecule has 0 amide bonds. The van der Waals surface area contributed by atoms with Gasteiger partial charge in [0.25, 0.3) is 0 Å². The lowest BCUT2D eigenvalue weighted by Crippen LogP contribution is -2.50. The first-order valence-electron chi connectivity index (χ1n) is 9.53. The number of furan rings is 1. The van der Waals surface area contributed by atoms with E-state index in [9.17, 15) is 0 Å². The largest absolute Gasteiger partial charge is 0.469 e. The van der Waals surface area contributed by atoms with Gasteiger partial charge in [-0.25, -0.2) is 9.97 Å². The molecule has 0 bridgehead atoms. The van der Waals surface area contributed by atoms with E-state index in [-0.39, 0.29) is 0 Å². The van der Waals surface area contributed by atoms with Crippen molar-refractivity contribution in [3.8, 4) is 22.6 Å². The summed E-state index contributed by atoms with van der Waals surface area (Å²) in [5.41, 5.74) is 3.46. The molecule has 0 saturated carbocycles. The van der Waals surface area contributed by atoms with E-state index in [1.165, 1.54) is 19.4 Å². The summed E-state index contributed by atoms with van der Waals surface area (Å²) in [5.74, 6) is 2.28. The molecule has 7 heteroatoms. The Bertz CT molecular complexity index is 963. The topological polar surface area (TPSA) is 71.4 Å². The highest BCUT2D eigenvalue weighted by Crippen LogP contribution is 2.34. The van der Waals surface area contributed by atoms with Crippen LogP contribution in [0.15, 0.2) is 33.5 Å². The smallest absolute Gasteiger partial charge is 0.225 e. The van der Waals surface area contributed by atoms with E-state index >= 15 is 0 Å². The standard InChI is InChI=1S/C20H23N5O2/c1-13-10-18(27-23-13)17-11-21-20(22-19(17)16-5-9-26-14(16)2)25-8-7-24-6-3-4-15(24)12-25/h5,9-11,15H,3-4,6-8,12H2,1-2H3/t15-/m0/s1. The molecule has 0 unspecified atom stereocenters. The molecule has 0 aromatic carbocycles. The zero-order valence-electron chi connectivity index (χ0n) is 15.7. The number of rotatable bonds is 3. The second-order valence-corrected chi connectivity index (χ2v) is 7.43. The SMILES string of the molecule is Cc1cc(-c2cnc(N3CCN4CCC[C@H]4C3)nc2-c2ccoc2C)on1. The lowest BCUT2D eigenvalue weighted by atomic mass is 10.1. The molecule has 3 aromatic heterocycles. The van der Waals surface area contributed by atoms with Gasteiger partial charge in [-0.15, -0.1) is 0 Å². The van der Waals surface area contributed by atoms with Crippen LogP contribution in [0.25, 0.3) is 22.6 Å². The molecule has 1 atom stereocenters. The van der Waals surface area contributed by atoms with Crippen LogP contribution in [0.3, 0.4) is 0 Å². The van der Waals surface area contributed by atoms with Crippen molar-refractivity contribution in [2.45, 2.75) is 32.7 Å². The summed E-state index contributed by atoms with van der Waals surface area (Å²) in [6.07, 6.45) is 6.10. The molecule has 0 spiro atoms. The van der Waals surface area contributed by atoms with Crippen molar-refractivity contribution in [2.75, 3.05) is 31.1 Å². The number of aryl methyl sites for hydroxylation is 2. The number of fused-ring (bicyclic) bond motifs is 1. The molecule has 2 saturated heterocycles. The third-order valence-corrected chi connectivity index (χ3v) is 5.65. The number of aromatic nitrogens is 3. The number of hydrogen-bond acceptors (Lipinski definition) is 7. The third-order valence-electron chi connectivity index (χ3n) is 5.65. The molecule has 0 aliphatic carbocycles. The van der Waals surface area contributed by atoms with Gasteiger partial charge in [-0.3, -0.25) is 4.90 Å². The fourth-order valence-corrected chi connectivity index (χ4v) is 4.20. The Morgan fingerprint density at radius 1 is 1.15 bits per heavy atom. The Morgan fingerprint density at radius 2 is 2.07 bits per heavy atom. The molecule has 5 rings (SSSR count). The van der Waals surface area contributed by atoms with Gasteiger partial charge in [0.2, 0.25) is 5.95 Å². The zero-order valence-corrected chi connectivity index (χ0v) is 15.7.